The lowest BCUT2D eigenvalue weighted by Gasteiger charge is -2.08. The summed E-state index contributed by atoms with van der Waals surface area (Å²) in [5, 5.41) is 21.3. The zero-order valence-corrected chi connectivity index (χ0v) is 18.0. The van der Waals surface area contributed by atoms with Crippen molar-refractivity contribution in [2.45, 2.75) is 6.61 Å². The van der Waals surface area contributed by atoms with Crippen molar-refractivity contribution in [1.82, 2.24) is 25.8 Å². The van der Waals surface area contributed by atoms with Crippen LogP contribution in [-0.4, -0.2) is 31.7 Å². The van der Waals surface area contributed by atoms with Crippen molar-refractivity contribution in [3.63, 3.8) is 0 Å². The first-order valence-electron chi connectivity index (χ1n) is 9.58. The molecule has 2 heterocycles. The first-order chi connectivity index (χ1) is 15.7. The summed E-state index contributed by atoms with van der Waals surface area (Å²) in [4.78, 5) is 13.0. The monoisotopic (exact) mass is 490 g/mol. The maximum atomic E-state index is 13.0. The van der Waals surface area contributed by atoms with Crippen LogP contribution in [0.4, 0.5) is 5.69 Å². The number of fused-ring (bicyclic) bond motifs is 1. The van der Waals surface area contributed by atoms with Gasteiger partial charge in [-0.1, -0.05) is 51.4 Å². The van der Waals surface area contributed by atoms with E-state index in [1.165, 1.54) is 0 Å². The molecule has 5 rings (SSSR count). The number of rotatable bonds is 6. The van der Waals surface area contributed by atoms with E-state index in [0.29, 0.717) is 40.4 Å². The number of ether oxygens (including phenoxy) is 1. The lowest BCUT2D eigenvalue weighted by Crippen LogP contribution is -2.13. The van der Waals surface area contributed by atoms with Crippen LogP contribution in [0.15, 0.2) is 75.7 Å². The summed E-state index contributed by atoms with van der Waals surface area (Å²) in [6, 6.07) is 20.4. The summed E-state index contributed by atoms with van der Waals surface area (Å²) >= 11 is 3.42. The van der Waals surface area contributed by atoms with Gasteiger partial charge in [0.2, 0.25) is 5.82 Å². The zero-order chi connectivity index (χ0) is 21.9. The number of tetrazole rings is 1. The number of nitrogens with zero attached hydrogens (tertiary/aromatic N) is 4. The molecule has 0 radical (unpaired) electrons. The summed E-state index contributed by atoms with van der Waals surface area (Å²) in [6.07, 6.45) is 0. The number of carbonyl (C=O) groups is 1. The fourth-order valence-electron chi connectivity index (χ4n) is 3.18. The SMILES string of the molecule is O=C(Nc1ccc(Br)cc1-c1nn[nH]n1)c1noc2cc(OCc3ccccc3)ccc12. The Bertz CT molecular complexity index is 1390. The molecule has 0 atom stereocenters. The van der Waals surface area contributed by atoms with Gasteiger partial charge in [-0.2, -0.15) is 5.21 Å². The molecule has 2 aromatic heterocycles. The number of aromatic nitrogens is 5. The first-order valence-corrected chi connectivity index (χ1v) is 10.4. The Labute approximate surface area is 189 Å². The lowest BCUT2D eigenvalue weighted by molar-refractivity contribution is 0.102. The number of nitrogens with one attached hydrogen (secondary N) is 2. The van der Waals surface area contributed by atoms with Crippen LogP contribution < -0.4 is 10.1 Å². The smallest absolute Gasteiger partial charge is 0.278 e. The minimum absolute atomic E-state index is 0.164. The first kappa shape index (κ1) is 19.9. The van der Waals surface area contributed by atoms with Crippen molar-refractivity contribution in [1.29, 1.82) is 0 Å². The standard InChI is InChI=1S/C22H15BrN6O3/c23-14-6-9-18(17(10-14)21-25-28-29-26-21)24-22(30)20-16-8-7-15(11-19(16)32-27-20)31-12-13-4-2-1-3-5-13/h1-11H,12H2,(H,24,30)(H,25,26,28,29). The number of halogens is 1. The molecule has 32 heavy (non-hydrogen) atoms. The van der Waals surface area contributed by atoms with Crippen LogP contribution in [0.3, 0.4) is 0 Å². The normalized spacial score (nSPS) is 10.9. The molecule has 5 aromatic rings. The van der Waals surface area contributed by atoms with Crippen LogP contribution in [0.25, 0.3) is 22.4 Å². The highest BCUT2D eigenvalue weighted by atomic mass is 79.9. The van der Waals surface area contributed by atoms with E-state index in [1.807, 2.05) is 30.3 Å². The Morgan fingerprint density at radius 1 is 1.09 bits per heavy atom. The van der Waals surface area contributed by atoms with Crippen LogP contribution in [0.5, 0.6) is 5.75 Å². The Balaban J connectivity index is 1.37. The molecule has 0 bridgehead atoms. The van der Waals surface area contributed by atoms with E-state index in [-0.39, 0.29) is 5.69 Å². The minimum atomic E-state index is -0.422. The average molecular weight is 491 g/mol. The van der Waals surface area contributed by atoms with Gasteiger partial charge in [-0.25, -0.2) is 0 Å². The quantitative estimate of drug-likeness (QED) is 0.356. The number of H-pyrrole nitrogens is 1. The van der Waals surface area contributed by atoms with E-state index in [4.69, 9.17) is 9.26 Å². The molecule has 0 aliphatic rings. The Morgan fingerprint density at radius 2 is 1.97 bits per heavy atom. The van der Waals surface area contributed by atoms with Crippen molar-refractivity contribution in [3.05, 3.63) is 82.5 Å². The average Bonchev–Trinajstić information content (AvgIpc) is 3.49. The maximum absolute atomic E-state index is 13.0. The van der Waals surface area contributed by atoms with Crippen LogP contribution >= 0.6 is 15.9 Å². The molecular weight excluding hydrogens is 476 g/mol. The molecule has 10 heteroatoms. The van der Waals surface area contributed by atoms with Gasteiger partial charge in [-0.15, -0.1) is 10.2 Å². The largest absolute Gasteiger partial charge is 0.489 e. The van der Waals surface area contributed by atoms with Crippen molar-refractivity contribution >= 4 is 38.5 Å². The summed E-state index contributed by atoms with van der Waals surface area (Å²) in [5.74, 6) is 0.553. The van der Waals surface area contributed by atoms with Crippen molar-refractivity contribution < 1.29 is 14.1 Å². The van der Waals surface area contributed by atoms with E-state index in [0.717, 1.165) is 10.0 Å². The molecule has 0 spiro atoms. The second-order valence-corrected chi connectivity index (χ2v) is 7.76. The molecule has 0 aliphatic carbocycles. The van der Waals surface area contributed by atoms with Crippen LogP contribution in [0.2, 0.25) is 0 Å². The van der Waals surface area contributed by atoms with Crippen molar-refractivity contribution in [2.75, 3.05) is 5.32 Å². The van der Waals surface area contributed by atoms with Gasteiger partial charge >= 0.3 is 0 Å². The van der Waals surface area contributed by atoms with Crippen LogP contribution in [-0.2, 0) is 6.61 Å². The number of hydrogen-bond acceptors (Lipinski definition) is 7. The van der Waals surface area contributed by atoms with Gasteiger partial charge in [0.25, 0.3) is 5.91 Å². The highest BCUT2D eigenvalue weighted by Gasteiger charge is 2.19. The van der Waals surface area contributed by atoms with E-state index < -0.39 is 5.91 Å². The Hall–Kier alpha value is -4.05. The van der Waals surface area contributed by atoms with Crippen LogP contribution in [0, 0.1) is 0 Å². The molecule has 158 valence electrons. The third-order valence-corrected chi connectivity index (χ3v) is 5.22. The molecule has 0 fully saturated rings. The number of amides is 1. The lowest BCUT2D eigenvalue weighted by atomic mass is 10.1. The number of anilines is 1. The minimum Gasteiger partial charge on any atom is -0.489 e. The van der Waals surface area contributed by atoms with Gasteiger partial charge in [0.05, 0.1) is 11.1 Å². The molecule has 3 aromatic carbocycles. The Morgan fingerprint density at radius 3 is 2.78 bits per heavy atom. The predicted octanol–water partition coefficient (Wildman–Crippen LogP) is 4.60. The van der Waals surface area contributed by atoms with Gasteiger partial charge < -0.3 is 14.6 Å². The number of benzene rings is 3. The van der Waals surface area contributed by atoms with E-state index in [9.17, 15) is 4.79 Å². The molecule has 0 aliphatic heterocycles. The third kappa shape index (κ3) is 4.08. The summed E-state index contributed by atoms with van der Waals surface area (Å²) in [6.45, 7) is 0.427. The van der Waals surface area contributed by atoms with Crippen molar-refractivity contribution in [3.8, 4) is 17.1 Å². The molecular formula is C22H15BrN6O3. The third-order valence-electron chi connectivity index (χ3n) is 4.72. The number of hydrogen-bond donors (Lipinski definition) is 2. The number of aromatic amines is 1. The van der Waals surface area contributed by atoms with Gasteiger partial charge in [-0.3, -0.25) is 4.79 Å². The van der Waals surface area contributed by atoms with Gasteiger partial charge in [0, 0.05) is 16.1 Å². The van der Waals surface area contributed by atoms with Crippen molar-refractivity contribution in [2.24, 2.45) is 0 Å². The molecule has 2 N–H and O–H groups in total. The highest BCUT2D eigenvalue weighted by molar-refractivity contribution is 9.10. The van der Waals surface area contributed by atoms with Gasteiger partial charge in [-0.05, 0) is 41.1 Å². The highest BCUT2D eigenvalue weighted by Crippen LogP contribution is 2.30. The molecule has 1 amide bonds. The number of carbonyl (C=O) groups excluding carboxylic acids is 1. The molecule has 0 saturated heterocycles. The fraction of sp³-hybridized carbons (Fsp3) is 0.0455. The Kier molecular flexibility index (Phi) is 5.34. The summed E-state index contributed by atoms with van der Waals surface area (Å²) in [7, 11) is 0. The molecule has 9 nitrogen and oxygen atoms in total. The second kappa shape index (κ2) is 8.60. The topological polar surface area (TPSA) is 119 Å². The van der Waals surface area contributed by atoms with Gasteiger partial charge in [0.1, 0.15) is 12.4 Å². The zero-order valence-electron chi connectivity index (χ0n) is 16.4. The van der Waals surface area contributed by atoms with E-state index in [2.05, 4.69) is 47.0 Å². The van der Waals surface area contributed by atoms with E-state index in [1.54, 1.807) is 36.4 Å². The maximum Gasteiger partial charge on any atom is 0.278 e. The van der Waals surface area contributed by atoms with E-state index >= 15 is 0 Å². The molecule has 0 unspecified atom stereocenters. The van der Waals surface area contributed by atoms with Crippen LogP contribution in [0.1, 0.15) is 16.1 Å². The summed E-state index contributed by atoms with van der Waals surface area (Å²) in [5.41, 5.74) is 2.79. The predicted molar refractivity (Wildman–Crippen MR) is 120 cm³/mol. The molecule has 0 saturated carbocycles. The fourth-order valence-corrected chi connectivity index (χ4v) is 3.54. The van der Waals surface area contributed by atoms with Gasteiger partial charge in [0.15, 0.2) is 11.3 Å². The second-order valence-electron chi connectivity index (χ2n) is 6.84. The summed E-state index contributed by atoms with van der Waals surface area (Å²) < 4.78 is 12.0.